The van der Waals surface area contributed by atoms with Crippen molar-refractivity contribution in [3.63, 3.8) is 0 Å². The van der Waals surface area contributed by atoms with Crippen LogP contribution in [-0.2, 0) is 95.0 Å². The summed E-state index contributed by atoms with van der Waals surface area (Å²) < 4.78 is 138. The number of hydrogen-bond donors (Lipinski definition) is 2. The summed E-state index contributed by atoms with van der Waals surface area (Å²) in [6.45, 7) is 7.31. The van der Waals surface area contributed by atoms with Crippen molar-refractivity contribution >= 4 is 44.1 Å². The predicted octanol–water partition coefficient (Wildman–Crippen LogP) is 5.42. The van der Waals surface area contributed by atoms with Gasteiger partial charge in [-0.15, -0.1) is 0 Å². The topological polar surface area (TPSA) is 269 Å². The van der Waals surface area contributed by atoms with Gasteiger partial charge in [-0.3, -0.25) is 55.5 Å². The summed E-state index contributed by atoms with van der Waals surface area (Å²) in [5.74, 6) is -2.83. The van der Waals surface area contributed by atoms with Gasteiger partial charge < -0.3 is 0 Å². The van der Waals surface area contributed by atoms with Gasteiger partial charge in [-0.1, -0.05) is 44.2 Å². The summed E-state index contributed by atoms with van der Waals surface area (Å²) in [7, 11) is -4.88. The van der Waals surface area contributed by atoms with E-state index in [1.807, 2.05) is 6.92 Å². The summed E-state index contributed by atoms with van der Waals surface area (Å²) >= 11 is -2.65. The van der Waals surface area contributed by atoms with Crippen LogP contribution in [0.25, 0.3) is 45.1 Å². The number of benzene rings is 2. The van der Waals surface area contributed by atoms with Gasteiger partial charge in [0.1, 0.15) is 25.1 Å². The van der Waals surface area contributed by atoms with Crippen molar-refractivity contribution in [3.05, 3.63) is 137 Å². The monoisotopic (exact) mass is 1090 g/mol. The van der Waals surface area contributed by atoms with Crippen LogP contribution in [0.5, 0.6) is 0 Å². The van der Waals surface area contributed by atoms with Crippen molar-refractivity contribution in [3.8, 4) is 22.8 Å². The van der Waals surface area contributed by atoms with E-state index in [0.29, 0.717) is 35.1 Å². The van der Waals surface area contributed by atoms with Gasteiger partial charge in [-0.25, -0.2) is 36.7 Å². The molecule has 1 unspecified atom stereocenters. The van der Waals surface area contributed by atoms with E-state index in [-0.39, 0.29) is 78.8 Å². The number of aryl methyl sites for hydroxylation is 2. The van der Waals surface area contributed by atoms with Crippen LogP contribution in [0.3, 0.4) is 0 Å². The molecule has 8 rings (SSSR count). The molecular formula is C45H49F5N12O11S2. The minimum Gasteiger partial charge on any atom is -0.292 e. The second kappa shape index (κ2) is 22.3. The Balaban J connectivity index is 0.000000219. The maximum Gasteiger partial charge on any atom is 0.416 e. The molecule has 1 atom stereocenters. The molecule has 6 heterocycles. The zero-order chi connectivity index (χ0) is 54.7. The highest BCUT2D eigenvalue weighted by molar-refractivity contribution is 7.80. The molecule has 8 aromatic rings. The number of rotatable bonds is 19. The lowest BCUT2D eigenvalue weighted by atomic mass is 10.1. The molecule has 0 fully saturated rings. The fraction of sp³-hybridized carbons (Fsp3) is 0.378. The van der Waals surface area contributed by atoms with E-state index in [0.717, 1.165) is 32.8 Å². The average Bonchev–Trinajstić information content (AvgIpc) is 4.16. The maximum atomic E-state index is 13.7. The Labute approximate surface area is 424 Å². The second-order valence-electron chi connectivity index (χ2n) is 16.8. The molecule has 2 N–H and O–H groups in total. The van der Waals surface area contributed by atoms with Crippen molar-refractivity contribution in [2.75, 3.05) is 0 Å². The van der Waals surface area contributed by atoms with Crippen molar-refractivity contribution < 1.29 is 52.1 Å². The van der Waals surface area contributed by atoms with E-state index in [2.05, 4.69) is 24.3 Å². The first kappa shape index (κ1) is 55.5. The minimum absolute atomic E-state index is 0.000906. The average molecular weight is 1090 g/mol. The number of aromatic nitrogens is 12. The number of alkyl halides is 5. The summed E-state index contributed by atoms with van der Waals surface area (Å²) in [6, 6.07) is 10.7. The number of halogens is 5. The molecule has 0 aliphatic rings. The molecule has 0 amide bonds. The van der Waals surface area contributed by atoms with E-state index < -0.39 is 75.4 Å². The third-order valence-electron chi connectivity index (χ3n) is 11.5. The molecule has 2 aromatic carbocycles. The number of fused-ring (bicyclic) bond motifs is 2. The first-order valence-corrected chi connectivity index (χ1v) is 25.3. The molecule has 0 spiro atoms. The lowest BCUT2D eigenvalue weighted by Crippen LogP contribution is -2.40. The molecule has 0 radical (unpaired) electrons. The van der Waals surface area contributed by atoms with Crippen molar-refractivity contribution in [1.29, 1.82) is 0 Å². The summed E-state index contributed by atoms with van der Waals surface area (Å²) in [6.07, 6.45) is 2.34. The fourth-order valence-corrected chi connectivity index (χ4v) is 8.63. The van der Waals surface area contributed by atoms with E-state index in [9.17, 15) is 53.8 Å². The Hall–Kier alpha value is -7.25. The maximum absolute atomic E-state index is 13.7. The lowest BCUT2D eigenvalue weighted by molar-refractivity contribution is -0.137. The lowest BCUT2D eigenvalue weighted by Gasteiger charge is -2.12. The molecule has 30 heteroatoms. The highest BCUT2D eigenvalue weighted by Gasteiger charge is 2.31. The van der Waals surface area contributed by atoms with Gasteiger partial charge in [0.05, 0.1) is 42.2 Å². The van der Waals surface area contributed by atoms with Gasteiger partial charge in [0, 0.05) is 51.1 Å². The summed E-state index contributed by atoms with van der Waals surface area (Å²) in [5.41, 5.74) is -1.77. The SMILES string of the molecule is CCCn1c(=O)c2c(nc(-c3cnn(Cc4cccc(C(C)(F)F)c4)c3)n2COS(=O)(=O)O)n(CC)c1=O.CCCn1c(=O)c2c(nc(-c3cnn(Cc4cccc(C(F)(F)F)c4)c3)n2COS(=O)O)n(CC)c1=O. The smallest absolute Gasteiger partial charge is 0.292 e. The van der Waals surface area contributed by atoms with Crippen molar-refractivity contribution in [2.24, 2.45) is 0 Å². The zero-order valence-corrected chi connectivity index (χ0v) is 42.3. The molecule has 0 aliphatic carbocycles. The van der Waals surface area contributed by atoms with Gasteiger partial charge in [0.25, 0.3) is 17.0 Å². The molecule has 23 nitrogen and oxygen atoms in total. The first-order chi connectivity index (χ1) is 35.4. The minimum atomic E-state index is -4.88. The fourth-order valence-electron chi connectivity index (χ4n) is 8.20. The Morgan fingerprint density at radius 1 is 0.653 bits per heavy atom. The standard InChI is InChI=1S/C23H26F2N6O6S.C22H23F3N6O5S/c1-4-9-30-21(32)18-20(29(5-2)22(30)33)27-19(31(18)14-37-38(34,35)36)16-11-26-28(13-16)12-15-7-6-8-17(10-15)23(3,24)25;1-3-8-30-20(32)17-19(29(4-2)21(30)33)27-18(31(17)13-36-37(34)35)15-10-26-28(12-15)11-14-6-5-7-16(9-14)22(23,24)25/h6-8,10-11,13H,4-5,9,12,14H2,1-3H3,(H,34,35,36);5-7,9-10,12H,3-4,8,11,13H2,1-2H3,(H,34,35). The Bertz CT molecular complexity index is 3790. The Morgan fingerprint density at radius 2 is 1.09 bits per heavy atom. The highest BCUT2D eigenvalue weighted by atomic mass is 32.3. The van der Waals surface area contributed by atoms with Crippen LogP contribution < -0.4 is 22.5 Å². The van der Waals surface area contributed by atoms with Gasteiger partial charge in [-0.2, -0.15) is 36.0 Å². The summed E-state index contributed by atoms with van der Waals surface area (Å²) in [4.78, 5) is 61.3. The molecular weight excluding hydrogens is 1040 g/mol. The summed E-state index contributed by atoms with van der Waals surface area (Å²) in [5, 5.41) is 8.44. The third-order valence-corrected chi connectivity index (χ3v) is 12.2. The third kappa shape index (κ3) is 12.2. The van der Waals surface area contributed by atoms with Crippen LogP contribution in [-0.4, -0.2) is 78.7 Å². The largest absolute Gasteiger partial charge is 0.416 e. The Morgan fingerprint density at radius 3 is 1.49 bits per heavy atom. The van der Waals surface area contributed by atoms with Crippen LogP contribution in [0.4, 0.5) is 22.0 Å². The highest BCUT2D eigenvalue weighted by Crippen LogP contribution is 2.31. The predicted molar refractivity (Wildman–Crippen MR) is 261 cm³/mol. The van der Waals surface area contributed by atoms with Gasteiger partial charge in [0.2, 0.25) is 0 Å². The van der Waals surface area contributed by atoms with Crippen LogP contribution in [0, 0.1) is 0 Å². The molecule has 0 saturated carbocycles. The Kier molecular flexibility index (Phi) is 16.5. The van der Waals surface area contributed by atoms with Gasteiger partial charge in [0.15, 0.2) is 22.3 Å². The second-order valence-corrected chi connectivity index (χ2v) is 18.6. The van der Waals surface area contributed by atoms with Crippen LogP contribution in [0.2, 0.25) is 0 Å². The molecule has 6 aromatic heterocycles. The van der Waals surface area contributed by atoms with E-state index >= 15 is 0 Å². The first-order valence-electron chi connectivity index (χ1n) is 22.9. The van der Waals surface area contributed by atoms with Gasteiger partial charge >= 0.3 is 39.3 Å². The number of nitrogens with zero attached hydrogens (tertiary/aromatic N) is 12. The molecule has 0 bridgehead atoms. The molecule has 0 saturated heterocycles. The zero-order valence-electron chi connectivity index (χ0n) is 40.6. The van der Waals surface area contributed by atoms with Crippen LogP contribution in [0.15, 0.2) is 92.5 Å². The quantitative estimate of drug-likeness (QED) is 0.0581. The van der Waals surface area contributed by atoms with Crippen LogP contribution >= 0.6 is 0 Å². The van der Waals surface area contributed by atoms with E-state index in [1.54, 1.807) is 26.8 Å². The molecule has 0 aliphatic heterocycles. The van der Waals surface area contributed by atoms with Gasteiger partial charge in [-0.05, 0) is 56.0 Å². The van der Waals surface area contributed by atoms with Crippen LogP contribution in [0.1, 0.15) is 69.7 Å². The molecule has 402 valence electrons. The van der Waals surface area contributed by atoms with Crippen molar-refractivity contribution in [2.45, 2.75) is 112 Å². The normalized spacial score (nSPS) is 12.7. The van der Waals surface area contributed by atoms with E-state index in [4.69, 9.17) is 13.3 Å². The van der Waals surface area contributed by atoms with Crippen molar-refractivity contribution in [1.82, 2.24) is 56.9 Å². The number of imidazole rings is 2. The molecule has 75 heavy (non-hydrogen) atoms. The number of hydrogen-bond acceptors (Lipinski definition) is 13. The van der Waals surface area contributed by atoms with E-state index in [1.165, 1.54) is 78.2 Å².